The highest BCUT2D eigenvalue weighted by Crippen LogP contribution is 2.22. The molecular weight excluding hydrogens is 251 g/mol. The lowest BCUT2D eigenvalue weighted by Crippen LogP contribution is -2.39. The molecule has 1 heterocycles. The molecule has 1 aliphatic heterocycles. The highest BCUT2D eigenvalue weighted by atomic mass is 35.5. The molecule has 1 N–H and O–H groups in total. The van der Waals surface area contributed by atoms with Crippen LogP contribution in [0.3, 0.4) is 0 Å². The molecule has 0 atom stereocenters. The van der Waals surface area contributed by atoms with Gasteiger partial charge in [-0.1, -0.05) is 17.5 Å². The Balaban J connectivity index is 1.88. The van der Waals surface area contributed by atoms with Gasteiger partial charge in [0.25, 0.3) is 0 Å². The molecule has 1 saturated heterocycles. The maximum absolute atomic E-state index is 13.0. The number of hydrogen-bond acceptors (Lipinski definition) is 2. The molecule has 96 valence electrons. The molecule has 1 fully saturated rings. The number of halogens is 2. The van der Waals surface area contributed by atoms with Gasteiger partial charge in [-0.15, -0.1) is 6.42 Å². The summed E-state index contributed by atoms with van der Waals surface area (Å²) in [5, 5.41) is 3.54. The van der Waals surface area contributed by atoms with Crippen LogP contribution in [-0.2, 0) is 0 Å². The monoisotopic (exact) mass is 266 g/mol. The molecule has 0 bridgehead atoms. The number of rotatable bonds is 3. The Kier molecular flexibility index (Phi) is 4.46. The van der Waals surface area contributed by atoms with E-state index in [1.807, 2.05) is 0 Å². The summed E-state index contributed by atoms with van der Waals surface area (Å²) < 4.78 is 13.0. The smallest absolute Gasteiger partial charge is 0.141 e. The highest BCUT2D eigenvalue weighted by molar-refractivity contribution is 6.31. The fraction of sp³-hybridized carbons (Fsp3) is 0.429. The Hall–Kier alpha value is -1.24. The Morgan fingerprint density at radius 1 is 1.44 bits per heavy atom. The zero-order valence-electron chi connectivity index (χ0n) is 10.1. The van der Waals surface area contributed by atoms with E-state index in [2.05, 4.69) is 16.1 Å². The number of nitrogens with zero attached hydrogens (tertiary/aromatic N) is 1. The van der Waals surface area contributed by atoms with E-state index in [0.29, 0.717) is 6.04 Å². The van der Waals surface area contributed by atoms with Gasteiger partial charge in [0, 0.05) is 24.8 Å². The summed E-state index contributed by atoms with van der Waals surface area (Å²) in [4.78, 5) is 2.26. The molecule has 0 aliphatic carbocycles. The summed E-state index contributed by atoms with van der Waals surface area (Å²) in [6.45, 7) is 2.71. The average molecular weight is 267 g/mol. The first-order valence-corrected chi connectivity index (χ1v) is 6.44. The Bertz CT molecular complexity index is 448. The molecule has 1 aromatic rings. The fourth-order valence-electron chi connectivity index (χ4n) is 2.19. The number of hydrogen-bond donors (Lipinski definition) is 1. The molecule has 1 aliphatic rings. The largest absolute Gasteiger partial charge is 0.382 e. The molecule has 18 heavy (non-hydrogen) atoms. The van der Waals surface area contributed by atoms with Crippen LogP contribution in [0.1, 0.15) is 12.8 Å². The third-order valence-corrected chi connectivity index (χ3v) is 3.48. The first-order valence-electron chi connectivity index (χ1n) is 6.06. The minimum Gasteiger partial charge on any atom is -0.382 e. The Morgan fingerprint density at radius 2 is 2.17 bits per heavy atom. The highest BCUT2D eigenvalue weighted by Gasteiger charge is 2.18. The molecule has 0 amide bonds. The molecule has 0 aromatic heterocycles. The van der Waals surface area contributed by atoms with Crippen LogP contribution in [0.4, 0.5) is 10.1 Å². The Labute approximate surface area is 112 Å². The number of piperidine rings is 1. The molecule has 2 rings (SSSR count). The molecular formula is C14H16ClFN2. The third kappa shape index (κ3) is 3.38. The van der Waals surface area contributed by atoms with E-state index >= 15 is 0 Å². The lowest BCUT2D eigenvalue weighted by atomic mass is 10.0. The van der Waals surface area contributed by atoms with Gasteiger partial charge >= 0.3 is 0 Å². The van der Waals surface area contributed by atoms with Crippen molar-refractivity contribution in [2.45, 2.75) is 18.9 Å². The number of likely N-dealkylation sites (tertiary alicyclic amines) is 1. The van der Waals surface area contributed by atoms with Gasteiger partial charge in [0.1, 0.15) is 5.82 Å². The first-order chi connectivity index (χ1) is 8.69. The van der Waals surface area contributed by atoms with Crippen molar-refractivity contribution in [2.24, 2.45) is 0 Å². The topological polar surface area (TPSA) is 15.3 Å². The van der Waals surface area contributed by atoms with Crippen LogP contribution in [-0.4, -0.2) is 30.6 Å². The van der Waals surface area contributed by atoms with Crippen LogP contribution in [0.25, 0.3) is 0 Å². The van der Waals surface area contributed by atoms with Crippen LogP contribution in [0.15, 0.2) is 18.2 Å². The minimum atomic E-state index is -0.383. The van der Waals surface area contributed by atoms with Gasteiger partial charge in [-0.25, -0.2) is 4.39 Å². The molecule has 0 spiro atoms. The second-order valence-corrected chi connectivity index (χ2v) is 4.93. The van der Waals surface area contributed by atoms with E-state index in [1.165, 1.54) is 6.07 Å². The van der Waals surface area contributed by atoms with E-state index in [1.54, 1.807) is 12.1 Å². The third-order valence-electron chi connectivity index (χ3n) is 3.19. The van der Waals surface area contributed by atoms with Crippen LogP contribution in [0, 0.1) is 18.2 Å². The summed E-state index contributed by atoms with van der Waals surface area (Å²) in [6, 6.07) is 5.14. The van der Waals surface area contributed by atoms with Crippen LogP contribution in [0.2, 0.25) is 5.02 Å². The normalized spacial score (nSPS) is 17.4. The Morgan fingerprint density at radius 3 is 2.78 bits per heavy atom. The lowest BCUT2D eigenvalue weighted by molar-refractivity contribution is 0.243. The number of terminal acetylenes is 1. The molecule has 4 heteroatoms. The molecule has 0 saturated carbocycles. The molecule has 0 unspecified atom stereocenters. The van der Waals surface area contributed by atoms with Crippen molar-refractivity contribution in [3.8, 4) is 12.3 Å². The number of benzene rings is 1. The van der Waals surface area contributed by atoms with Gasteiger partial charge in [0.2, 0.25) is 0 Å². The van der Waals surface area contributed by atoms with Gasteiger partial charge in [-0.05, 0) is 31.0 Å². The second-order valence-electron chi connectivity index (χ2n) is 4.53. The van der Waals surface area contributed by atoms with Crippen LogP contribution in [0.5, 0.6) is 0 Å². The van der Waals surface area contributed by atoms with Crippen molar-refractivity contribution >= 4 is 17.3 Å². The standard InChI is InChI=1S/C14H16ClFN2/c1-2-7-18-8-5-11(6-9-18)17-12-3-4-14(16)13(15)10-12/h1,3-4,10-11,17H,5-9H2. The predicted octanol–water partition coefficient (Wildman–Crippen LogP) is 2.99. The van der Waals surface area contributed by atoms with Crippen molar-refractivity contribution in [3.05, 3.63) is 29.0 Å². The summed E-state index contributed by atoms with van der Waals surface area (Å²) >= 11 is 5.75. The molecule has 2 nitrogen and oxygen atoms in total. The summed E-state index contributed by atoms with van der Waals surface area (Å²) in [6.07, 6.45) is 7.37. The van der Waals surface area contributed by atoms with Crippen LogP contribution >= 0.6 is 11.6 Å². The summed E-state index contributed by atoms with van der Waals surface area (Å²) in [7, 11) is 0. The molecule has 1 aromatic carbocycles. The summed E-state index contributed by atoms with van der Waals surface area (Å²) in [5.74, 6) is 2.28. The van der Waals surface area contributed by atoms with Crippen molar-refractivity contribution in [1.82, 2.24) is 4.90 Å². The van der Waals surface area contributed by atoms with Gasteiger partial charge in [-0.2, -0.15) is 0 Å². The van der Waals surface area contributed by atoms with E-state index in [-0.39, 0.29) is 10.8 Å². The van der Waals surface area contributed by atoms with Gasteiger partial charge in [0.15, 0.2) is 0 Å². The zero-order chi connectivity index (χ0) is 13.0. The molecule has 0 radical (unpaired) electrons. The van der Waals surface area contributed by atoms with Gasteiger partial charge in [0.05, 0.1) is 11.6 Å². The SMILES string of the molecule is C#CCN1CCC(Nc2ccc(F)c(Cl)c2)CC1. The van der Waals surface area contributed by atoms with E-state index in [9.17, 15) is 4.39 Å². The van der Waals surface area contributed by atoms with Crippen molar-refractivity contribution in [2.75, 3.05) is 25.0 Å². The van der Waals surface area contributed by atoms with Crippen molar-refractivity contribution in [1.29, 1.82) is 0 Å². The minimum absolute atomic E-state index is 0.157. The van der Waals surface area contributed by atoms with Gasteiger partial charge in [-0.3, -0.25) is 4.90 Å². The first kappa shape index (κ1) is 13.2. The number of nitrogens with one attached hydrogen (secondary N) is 1. The van der Waals surface area contributed by atoms with Crippen LogP contribution < -0.4 is 5.32 Å². The average Bonchev–Trinajstić information content (AvgIpc) is 2.37. The second kappa shape index (κ2) is 6.08. The maximum Gasteiger partial charge on any atom is 0.141 e. The van der Waals surface area contributed by atoms with Crippen molar-refractivity contribution < 1.29 is 4.39 Å². The predicted molar refractivity (Wildman–Crippen MR) is 73.3 cm³/mol. The van der Waals surface area contributed by atoms with E-state index in [4.69, 9.17) is 18.0 Å². The van der Waals surface area contributed by atoms with Crippen molar-refractivity contribution in [3.63, 3.8) is 0 Å². The van der Waals surface area contributed by atoms with E-state index in [0.717, 1.165) is 38.2 Å². The zero-order valence-corrected chi connectivity index (χ0v) is 10.9. The maximum atomic E-state index is 13.0. The quantitative estimate of drug-likeness (QED) is 0.846. The lowest BCUT2D eigenvalue weighted by Gasteiger charge is -2.31. The number of anilines is 1. The fourth-order valence-corrected chi connectivity index (χ4v) is 2.37. The van der Waals surface area contributed by atoms with Gasteiger partial charge < -0.3 is 5.32 Å². The van der Waals surface area contributed by atoms with E-state index < -0.39 is 0 Å². The summed E-state index contributed by atoms with van der Waals surface area (Å²) in [5.41, 5.74) is 0.872.